The summed E-state index contributed by atoms with van der Waals surface area (Å²) in [6.45, 7) is 2.32. The van der Waals surface area contributed by atoms with Gasteiger partial charge in [-0.05, 0) is 59.5 Å². The summed E-state index contributed by atoms with van der Waals surface area (Å²) in [6.07, 6.45) is 7.32. The van der Waals surface area contributed by atoms with Crippen LogP contribution in [0.1, 0.15) is 19.3 Å². The number of hydrogen-bond acceptors (Lipinski definition) is 4. The maximum Gasteiger partial charge on any atom is 0.0794 e. The van der Waals surface area contributed by atoms with Gasteiger partial charge in [0.2, 0.25) is 0 Å². The molecular weight excluding hydrogens is 328 g/mol. The van der Waals surface area contributed by atoms with E-state index in [1.165, 1.54) is 24.9 Å². The molecular formula is C16H19BrN4. The number of aromatic nitrogens is 1. The maximum atomic E-state index is 5.95. The second kappa shape index (κ2) is 6.35. The Morgan fingerprint density at radius 3 is 2.43 bits per heavy atom. The lowest BCUT2D eigenvalue weighted by molar-refractivity contribution is 0.578. The molecule has 3 rings (SSSR count). The first-order valence-electron chi connectivity index (χ1n) is 7.25. The van der Waals surface area contributed by atoms with Crippen molar-refractivity contribution in [2.45, 2.75) is 19.3 Å². The van der Waals surface area contributed by atoms with Crippen molar-refractivity contribution in [2.24, 2.45) is 0 Å². The van der Waals surface area contributed by atoms with Crippen LogP contribution in [0, 0.1) is 0 Å². The average Bonchev–Trinajstić information content (AvgIpc) is 2.53. The largest absolute Gasteiger partial charge is 0.396 e. The number of halogens is 1. The molecule has 0 radical (unpaired) electrons. The van der Waals surface area contributed by atoms with Crippen molar-refractivity contribution in [2.75, 3.05) is 29.0 Å². The lowest BCUT2D eigenvalue weighted by Gasteiger charge is -2.28. The predicted molar refractivity (Wildman–Crippen MR) is 92.1 cm³/mol. The highest BCUT2D eigenvalue weighted by Gasteiger charge is 2.11. The molecule has 0 spiro atoms. The fourth-order valence-corrected chi connectivity index (χ4v) is 3.08. The highest BCUT2D eigenvalue weighted by molar-refractivity contribution is 9.10. The van der Waals surface area contributed by atoms with Crippen molar-refractivity contribution in [3.63, 3.8) is 0 Å². The maximum absolute atomic E-state index is 5.95. The highest BCUT2D eigenvalue weighted by Crippen LogP contribution is 2.31. The van der Waals surface area contributed by atoms with E-state index in [4.69, 9.17) is 5.73 Å². The minimum absolute atomic E-state index is 0.629. The van der Waals surface area contributed by atoms with E-state index >= 15 is 0 Å². The number of hydrogen-bond donors (Lipinski definition) is 2. The summed E-state index contributed by atoms with van der Waals surface area (Å²) in [7, 11) is 0. The smallest absolute Gasteiger partial charge is 0.0794 e. The zero-order chi connectivity index (χ0) is 14.7. The van der Waals surface area contributed by atoms with Crippen molar-refractivity contribution in [3.05, 3.63) is 41.1 Å². The molecule has 1 aromatic heterocycles. The summed E-state index contributed by atoms with van der Waals surface area (Å²) in [5.74, 6) is 0. The van der Waals surface area contributed by atoms with E-state index in [1.807, 2.05) is 0 Å². The summed E-state index contributed by atoms with van der Waals surface area (Å²) < 4.78 is 0.864. The summed E-state index contributed by atoms with van der Waals surface area (Å²) in [5, 5.41) is 3.34. The molecule has 0 bridgehead atoms. The zero-order valence-electron chi connectivity index (χ0n) is 11.8. The van der Waals surface area contributed by atoms with Gasteiger partial charge in [-0.3, -0.25) is 4.98 Å². The molecule has 1 fully saturated rings. The SMILES string of the molecule is Nc1cncc(Br)c1Nc1ccc(N2CCCCC2)cc1. The van der Waals surface area contributed by atoms with E-state index in [-0.39, 0.29) is 0 Å². The first-order valence-corrected chi connectivity index (χ1v) is 8.04. The quantitative estimate of drug-likeness (QED) is 0.875. The van der Waals surface area contributed by atoms with E-state index in [9.17, 15) is 0 Å². The number of nitrogen functional groups attached to an aromatic ring is 1. The third kappa shape index (κ3) is 3.29. The highest BCUT2D eigenvalue weighted by atomic mass is 79.9. The van der Waals surface area contributed by atoms with Crippen LogP contribution in [0.4, 0.5) is 22.7 Å². The fraction of sp³-hybridized carbons (Fsp3) is 0.312. The topological polar surface area (TPSA) is 54.2 Å². The van der Waals surface area contributed by atoms with Crippen LogP contribution in [-0.4, -0.2) is 18.1 Å². The Morgan fingerprint density at radius 1 is 1.05 bits per heavy atom. The van der Waals surface area contributed by atoms with Crippen LogP contribution in [-0.2, 0) is 0 Å². The van der Waals surface area contributed by atoms with Gasteiger partial charge in [0.25, 0.3) is 0 Å². The number of nitrogens with two attached hydrogens (primary N) is 1. The minimum atomic E-state index is 0.629. The third-order valence-corrected chi connectivity index (χ3v) is 4.39. The standard InChI is InChI=1S/C16H19BrN4/c17-14-10-19-11-15(18)16(14)20-12-4-6-13(7-5-12)21-8-2-1-3-9-21/h4-7,10-11H,1-3,8-9,18H2,(H,19,20). The monoisotopic (exact) mass is 346 g/mol. The second-order valence-corrected chi connectivity index (χ2v) is 6.16. The van der Waals surface area contributed by atoms with Crippen LogP contribution in [0.2, 0.25) is 0 Å². The molecule has 0 aliphatic carbocycles. The molecule has 0 atom stereocenters. The summed E-state index contributed by atoms with van der Waals surface area (Å²) in [4.78, 5) is 6.49. The molecule has 2 heterocycles. The molecule has 0 amide bonds. The van der Waals surface area contributed by atoms with Gasteiger partial charge in [-0.2, -0.15) is 0 Å². The molecule has 2 aromatic rings. The molecule has 0 unspecified atom stereocenters. The second-order valence-electron chi connectivity index (χ2n) is 5.31. The average molecular weight is 347 g/mol. The van der Waals surface area contributed by atoms with E-state index in [1.54, 1.807) is 12.4 Å². The van der Waals surface area contributed by atoms with Gasteiger partial charge in [-0.1, -0.05) is 0 Å². The summed E-state index contributed by atoms with van der Waals surface area (Å²) in [5.41, 5.74) is 9.76. The lowest BCUT2D eigenvalue weighted by Crippen LogP contribution is -2.29. The molecule has 5 heteroatoms. The van der Waals surface area contributed by atoms with Crippen molar-refractivity contribution in [3.8, 4) is 0 Å². The van der Waals surface area contributed by atoms with Crippen LogP contribution in [0.25, 0.3) is 0 Å². The van der Waals surface area contributed by atoms with Gasteiger partial charge in [0.15, 0.2) is 0 Å². The number of anilines is 4. The molecule has 1 aliphatic rings. The van der Waals surface area contributed by atoms with E-state index in [0.29, 0.717) is 5.69 Å². The molecule has 0 saturated carbocycles. The van der Waals surface area contributed by atoms with E-state index in [2.05, 4.69) is 55.4 Å². The summed E-state index contributed by atoms with van der Waals surface area (Å²) in [6, 6.07) is 8.52. The van der Waals surface area contributed by atoms with Gasteiger partial charge >= 0.3 is 0 Å². The van der Waals surface area contributed by atoms with Gasteiger partial charge in [0, 0.05) is 30.7 Å². The summed E-state index contributed by atoms with van der Waals surface area (Å²) >= 11 is 3.47. The molecule has 1 aliphatic heterocycles. The predicted octanol–water partition coefficient (Wildman–Crippen LogP) is 4.16. The van der Waals surface area contributed by atoms with E-state index in [0.717, 1.165) is 28.9 Å². The van der Waals surface area contributed by atoms with Gasteiger partial charge in [-0.25, -0.2) is 0 Å². The molecule has 3 N–H and O–H groups in total. The number of pyridine rings is 1. The lowest BCUT2D eigenvalue weighted by atomic mass is 10.1. The number of nitrogens with zero attached hydrogens (tertiary/aromatic N) is 2. The van der Waals surface area contributed by atoms with Gasteiger partial charge in [-0.15, -0.1) is 0 Å². The zero-order valence-corrected chi connectivity index (χ0v) is 13.4. The van der Waals surface area contributed by atoms with Crippen molar-refractivity contribution < 1.29 is 0 Å². The number of benzene rings is 1. The van der Waals surface area contributed by atoms with Crippen molar-refractivity contribution in [1.29, 1.82) is 0 Å². The third-order valence-electron chi connectivity index (χ3n) is 3.79. The van der Waals surface area contributed by atoms with Crippen LogP contribution in [0.5, 0.6) is 0 Å². The van der Waals surface area contributed by atoms with Crippen LogP contribution >= 0.6 is 15.9 Å². The Labute approximate surface area is 133 Å². The van der Waals surface area contributed by atoms with Crippen LogP contribution in [0.15, 0.2) is 41.1 Å². The number of nitrogens with one attached hydrogen (secondary N) is 1. The Kier molecular flexibility index (Phi) is 4.29. The number of rotatable bonds is 3. The Balaban J connectivity index is 1.75. The molecule has 1 aromatic carbocycles. The normalized spacial score (nSPS) is 15.0. The van der Waals surface area contributed by atoms with Gasteiger partial charge in [0.05, 0.1) is 22.0 Å². The van der Waals surface area contributed by atoms with Gasteiger partial charge < -0.3 is 16.0 Å². The minimum Gasteiger partial charge on any atom is -0.396 e. The van der Waals surface area contributed by atoms with Crippen LogP contribution in [0.3, 0.4) is 0 Å². The first kappa shape index (κ1) is 14.2. The molecule has 21 heavy (non-hydrogen) atoms. The molecule has 1 saturated heterocycles. The molecule has 4 nitrogen and oxygen atoms in total. The van der Waals surface area contributed by atoms with Crippen molar-refractivity contribution in [1.82, 2.24) is 4.98 Å². The first-order chi connectivity index (χ1) is 10.2. The van der Waals surface area contributed by atoms with Gasteiger partial charge in [0.1, 0.15) is 0 Å². The molecule has 110 valence electrons. The van der Waals surface area contributed by atoms with Crippen LogP contribution < -0.4 is 16.0 Å². The van der Waals surface area contributed by atoms with Crippen molar-refractivity contribution >= 4 is 38.7 Å². The van der Waals surface area contributed by atoms with E-state index < -0.39 is 0 Å². The fourth-order valence-electron chi connectivity index (χ4n) is 2.63. The Morgan fingerprint density at radius 2 is 1.76 bits per heavy atom. The Bertz CT molecular complexity index is 586. The Hall–Kier alpha value is -1.75. The number of piperidine rings is 1.